The number of pyridine rings is 1. The zero-order valence-corrected chi connectivity index (χ0v) is 21.4. The molecule has 4 aromatic rings. The molecular weight excluding hydrogens is 465 g/mol. The van der Waals surface area contributed by atoms with E-state index in [-0.39, 0.29) is 5.56 Å². The number of hydrogen-bond donors (Lipinski definition) is 1. The van der Waals surface area contributed by atoms with Gasteiger partial charge in [0.05, 0.1) is 5.41 Å². The van der Waals surface area contributed by atoms with Gasteiger partial charge >= 0.3 is 0 Å². The fourth-order valence-corrected chi connectivity index (χ4v) is 6.67. The number of H-pyrrole nitrogens is 1. The number of aromatic amines is 1. The predicted octanol–water partition coefficient (Wildman–Crippen LogP) is 5.33. The number of likely N-dealkylation sites (tertiary alicyclic amines) is 1. The minimum absolute atomic E-state index is 0.0236. The standard InChI is InChI=1S/C30H34FN5O/c1-34-13-10-32-29(34)30(16-22(31)17-30)21-6-5-7-24(14-21)36-19-26(20-8-9-20)25-15-23(33-27(25)28(36)37)18-35-11-3-2-4-12-35/h5-7,10,13-15,19-20,22,33H,2-4,8-9,11-12,16-18H2,1H3/t22-,30-. The van der Waals surface area contributed by atoms with Crippen molar-refractivity contribution in [3.63, 3.8) is 0 Å². The maximum absolute atomic E-state index is 14.3. The van der Waals surface area contributed by atoms with Gasteiger partial charge in [0, 0.05) is 49.0 Å². The summed E-state index contributed by atoms with van der Waals surface area (Å²) >= 11 is 0. The molecule has 0 bridgehead atoms. The molecule has 3 fully saturated rings. The summed E-state index contributed by atoms with van der Waals surface area (Å²) in [5.41, 5.74) is 4.44. The van der Waals surface area contributed by atoms with E-state index in [1.54, 1.807) is 10.8 Å². The summed E-state index contributed by atoms with van der Waals surface area (Å²) in [5, 5.41) is 1.08. The monoisotopic (exact) mass is 499 g/mol. The number of benzene rings is 1. The number of fused-ring (bicyclic) bond motifs is 1. The average molecular weight is 500 g/mol. The molecule has 0 atom stereocenters. The molecule has 3 aliphatic rings. The Hall–Kier alpha value is -3.19. The van der Waals surface area contributed by atoms with Crippen molar-refractivity contribution in [3.8, 4) is 5.69 Å². The van der Waals surface area contributed by atoms with Gasteiger partial charge in [-0.3, -0.25) is 14.3 Å². The average Bonchev–Trinajstić information content (AvgIpc) is 3.50. The van der Waals surface area contributed by atoms with Crippen LogP contribution in [0.15, 0.2) is 53.7 Å². The zero-order valence-electron chi connectivity index (χ0n) is 21.4. The molecule has 4 heterocycles. The van der Waals surface area contributed by atoms with Gasteiger partial charge in [-0.1, -0.05) is 18.6 Å². The molecule has 1 saturated heterocycles. The highest BCUT2D eigenvalue weighted by Crippen LogP contribution is 2.50. The van der Waals surface area contributed by atoms with Crippen molar-refractivity contribution in [1.82, 2.24) is 24.0 Å². The first-order valence-corrected chi connectivity index (χ1v) is 13.7. The van der Waals surface area contributed by atoms with Crippen LogP contribution in [0.3, 0.4) is 0 Å². The summed E-state index contributed by atoms with van der Waals surface area (Å²) in [6, 6.07) is 10.3. The van der Waals surface area contributed by atoms with Crippen LogP contribution < -0.4 is 5.56 Å². The SMILES string of the molecule is Cn1ccnc1[C@]1(c2cccc(-n3cc(C4CC4)c4cc(CN5CCCCC5)[nH]c4c3=O)c2)C[C@@H](F)C1. The third-order valence-corrected chi connectivity index (χ3v) is 8.81. The van der Waals surface area contributed by atoms with Gasteiger partial charge in [-0.05, 0) is 86.9 Å². The molecular formula is C30H34FN5O. The summed E-state index contributed by atoms with van der Waals surface area (Å²) in [5.74, 6) is 1.39. The number of imidazole rings is 1. The third kappa shape index (κ3) is 3.86. The summed E-state index contributed by atoms with van der Waals surface area (Å²) < 4.78 is 18.1. The van der Waals surface area contributed by atoms with Crippen LogP contribution in [0.2, 0.25) is 0 Å². The van der Waals surface area contributed by atoms with Crippen molar-refractivity contribution in [1.29, 1.82) is 0 Å². The number of rotatable bonds is 6. The van der Waals surface area contributed by atoms with Gasteiger partial charge in [0.15, 0.2) is 0 Å². The molecule has 192 valence electrons. The van der Waals surface area contributed by atoms with Crippen LogP contribution in [0.5, 0.6) is 0 Å². The Morgan fingerprint density at radius 1 is 1.14 bits per heavy atom. The van der Waals surface area contributed by atoms with Gasteiger partial charge in [0.1, 0.15) is 17.5 Å². The van der Waals surface area contributed by atoms with E-state index in [1.165, 1.54) is 37.7 Å². The molecule has 7 rings (SSSR count). The number of aromatic nitrogens is 4. The highest BCUT2D eigenvalue weighted by molar-refractivity contribution is 5.84. The minimum Gasteiger partial charge on any atom is -0.353 e. The molecule has 0 radical (unpaired) electrons. The third-order valence-electron chi connectivity index (χ3n) is 8.81. The second-order valence-electron chi connectivity index (χ2n) is 11.5. The number of aryl methyl sites for hydroxylation is 1. The van der Waals surface area contributed by atoms with Gasteiger partial charge in [0.2, 0.25) is 0 Å². The lowest BCUT2D eigenvalue weighted by molar-refractivity contribution is 0.115. The molecule has 1 aromatic carbocycles. The van der Waals surface area contributed by atoms with Gasteiger partial charge in [0.25, 0.3) is 5.56 Å². The number of hydrogen-bond acceptors (Lipinski definition) is 3. The van der Waals surface area contributed by atoms with Gasteiger partial charge in [-0.2, -0.15) is 0 Å². The lowest BCUT2D eigenvalue weighted by atomic mass is 9.62. The molecule has 3 aromatic heterocycles. The van der Waals surface area contributed by atoms with Crippen molar-refractivity contribution in [3.05, 3.63) is 81.9 Å². The highest BCUT2D eigenvalue weighted by Gasteiger charge is 2.50. The molecule has 6 nitrogen and oxygen atoms in total. The predicted molar refractivity (Wildman–Crippen MR) is 143 cm³/mol. The number of piperidine rings is 1. The lowest BCUT2D eigenvalue weighted by Crippen LogP contribution is -2.45. The van der Waals surface area contributed by atoms with E-state index >= 15 is 0 Å². The molecule has 37 heavy (non-hydrogen) atoms. The molecule has 0 unspecified atom stereocenters. The Morgan fingerprint density at radius 2 is 1.95 bits per heavy atom. The Kier molecular flexibility index (Phi) is 5.39. The minimum atomic E-state index is -0.835. The van der Waals surface area contributed by atoms with Crippen LogP contribution in [-0.2, 0) is 19.0 Å². The largest absolute Gasteiger partial charge is 0.353 e. The van der Waals surface area contributed by atoms with Gasteiger partial charge in [-0.25, -0.2) is 9.37 Å². The van der Waals surface area contributed by atoms with E-state index in [4.69, 9.17) is 0 Å². The van der Waals surface area contributed by atoms with E-state index in [2.05, 4.69) is 39.3 Å². The number of halogens is 1. The van der Waals surface area contributed by atoms with Crippen molar-refractivity contribution < 1.29 is 4.39 Å². The summed E-state index contributed by atoms with van der Waals surface area (Å²) in [7, 11) is 1.96. The highest BCUT2D eigenvalue weighted by atomic mass is 19.1. The smallest absolute Gasteiger partial charge is 0.279 e. The summed E-state index contributed by atoms with van der Waals surface area (Å²) in [6.45, 7) is 3.11. The van der Waals surface area contributed by atoms with Crippen molar-refractivity contribution >= 4 is 10.9 Å². The van der Waals surface area contributed by atoms with Gasteiger partial charge in [-0.15, -0.1) is 0 Å². The van der Waals surface area contributed by atoms with Crippen LogP contribution in [0.1, 0.15) is 73.5 Å². The second-order valence-corrected chi connectivity index (χ2v) is 11.5. The van der Waals surface area contributed by atoms with Crippen LogP contribution in [-0.4, -0.2) is 43.3 Å². The van der Waals surface area contributed by atoms with Gasteiger partial charge < -0.3 is 9.55 Å². The fourth-order valence-electron chi connectivity index (χ4n) is 6.67. The van der Waals surface area contributed by atoms with Crippen molar-refractivity contribution in [2.45, 2.75) is 69.0 Å². The number of alkyl halides is 1. The first kappa shape index (κ1) is 23.0. The Bertz CT molecular complexity index is 1510. The quantitative estimate of drug-likeness (QED) is 0.390. The number of nitrogens with one attached hydrogen (secondary N) is 1. The van der Waals surface area contributed by atoms with Crippen LogP contribution in [0.25, 0.3) is 16.6 Å². The first-order valence-electron chi connectivity index (χ1n) is 13.7. The topological polar surface area (TPSA) is 58.9 Å². The maximum atomic E-state index is 14.3. The van der Waals surface area contributed by atoms with E-state index in [9.17, 15) is 9.18 Å². The maximum Gasteiger partial charge on any atom is 0.279 e. The zero-order chi connectivity index (χ0) is 25.1. The molecule has 1 N–H and O–H groups in total. The first-order chi connectivity index (χ1) is 18.0. The van der Waals surface area contributed by atoms with Crippen LogP contribution in [0.4, 0.5) is 4.39 Å². The van der Waals surface area contributed by atoms with Crippen molar-refractivity contribution in [2.75, 3.05) is 13.1 Å². The molecule has 1 aliphatic heterocycles. The summed E-state index contributed by atoms with van der Waals surface area (Å²) in [4.78, 5) is 24.4. The van der Waals surface area contributed by atoms with E-state index in [1.807, 2.05) is 29.9 Å². The van der Waals surface area contributed by atoms with E-state index in [0.29, 0.717) is 24.3 Å². The van der Waals surface area contributed by atoms with Crippen molar-refractivity contribution in [2.24, 2.45) is 7.05 Å². The van der Waals surface area contributed by atoms with Crippen LogP contribution >= 0.6 is 0 Å². The Balaban J connectivity index is 1.31. The Morgan fingerprint density at radius 3 is 2.65 bits per heavy atom. The fraction of sp³-hybridized carbons (Fsp3) is 0.467. The molecule has 0 amide bonds. The summed E-state index contributed by atoms with van der Waals surface area (Å²) in [6.07, 6.45) is 11.9. The van der Waals surface area contributed by atoms with E-state index < -0.39 is 11.6 Å². The number of nitrogens with zero attached hydrogens (tertiary/aromatic N) is 4. The lowest BCUT2D eigenvalue weighted by Gasteiger charge is -2.44. The second kappa shape index (κ2) is 8.69. The molecule has 0 spiro atoms. The normalized spacial score (nSPS) is 24.4. The Labute approximate surface area is 216 Å². The van der Waals surface area contributed by atoms with E-state index in [0.717, 1.165) is 47.8 Å². The molecule has 2 aliphatic carbocycles. The molecule has 2 saturated carbocycles. The molecule has 7 heteroatoms. The van der Waals surface area contributed by atoms with Crippen LogP contribution in [0, 0.1) is 0 Å².